The Hall–Kier alpha value is -2.32. The summed E-state index contributed by atoms with van der Waals surface area (Å²) >= 11 is 12.5. The quantitative estimate of drug-likeness (QED) is 0.670. The third-order valence-electron chi connectivity index (χ3n) is 6.32. The van der Waals surface area contributed by atoms with Crippen molar-refractivity contribution < 1.29 is 14.3 Å². The molecule has 0 saturated carbocycles. The van der Waals surface area contributed by atoms with Gasteiger partial charge in [0.1, 0.15) is 6.04 Å². The first-order valence-corrected chi connectivity index (χ1v) is 11.8. The van der Waals surface area contributed by atoms with E-state index >= 15 is 0 Å². The molecule has 4 rings (SSSR count). The molecule has 33 heavy (non-hydrogen) atoms. The summed E-state index contributed by atoms with van der Waals surface area (Å²) in [6.45, 7) is 2.22. The minimum absolute atomic E-state index is 0.220. The van der Waals surface area contributed by atoms with Gasteiger partial charge in [-0.2, -0.15) is 0 Å². The van der Waals surface area contributed by atoms with Crippen molar-refractivity contribution in [2.75, 3.05) is 44.4 Å². The van der Waals surface area contributed by atoms with Gasteiger partial charge >= 0.3 is 6.03 Å². The van der Waals surface area contributed by atoms with Gasteiger partial charge in [0.2, 0.25) is 5.91 Å². The molecule has 2 aromatic rings. The second-order valence-corrected chi connectivity index (χ2v) is 9.43. The molecule has 1 fully saturated rings. The number of nitrogens with one attached hydrogen (secondary N) is 2. The predicted octanol–water partition coefficient (Wildman–Crippen LogP) is 4.28. The predicted molar refractivity (Wildman–Crippen MR) is 131 cm³/mol. The topological polar surface area (TPSA) is 73.9 Å². The standard InChI is InChI=1S/C24H28Cl2N4O3/c1-29-9-7-15-11-18(12-21(26)20(15)8-10-29)27-23(31)22-13-19(33-2)14-30(22)24(32)28-17-5-3-16(25)4-6-17/h3-6,11-12,19,22H,7-10,13-14H2,1-2H3,(H,27,31)(H,28,32)/t19-,22?/m1/s1. The van der Waals surface area contributed by atoms with E-state index in [0.717, 1.165) is 37.1 Å². The third-order valence-corrected chi connectivity index (χ3v) is 6.91. The zero-order valence-corrected chi connectivity index (χ0v) is 20.2. The first-order chi connectivity index (χ1) is 15.8. The van der Waals surface area contributed by atoms with Gasteiger partial charge in [-0.15, -0.1) is 0 Å². The van der Waals surface area contributed by atoms with Crippen LogP contribution in [0.3, 0.4) is 0 Å². The Balaban J connectivity index is 1.49. The van der Waals surface area contributed by atoms with E-state index in [4.69, 9.17) is 27.9 Å². The van der Waals surface area contributed by atoms with E-state index in [2.05, 4.69) is 22.6 Å². The van der Waals surface area contributed by atoms with Crippen LogP contribution in [-0.4, -0.2) is 67.7 Å². The van der Waals surface area contributed by atoms with Crippen molar-refractivity contribution in [3.05, 3.63) is 57.6 Å². The van der Waals surface area contributed by atoms with Gasteiger partial charge in [-0.3, -0.25) is 4.79 Å². The molecule has 2 aliphatic rings. The van der Waals surface area contributed by atoms with Crippen molar-refractivity contribution in [1.29, 1.82) is 0 Å². The van der Waals surface area contributed by atoms with Crippen LogP contribution < -0.4 is 10.6 Å². The largest absolute Gasteiger partial charge is 0.380 e. The number of benzene rings is 2. The zero-order chi connectivity index (χ0) is 23.5. The van der Waals surface area contributed by atoms with Crippen LogP contribution in [0.5, 0.6) is 0 Å². The number of likely N-dealkylation sites (tertiary alicyclic amines) is 1. The third kappa shape index (κ3) is 5.61. The molecular formula is C24H28Cl2N4O3. The Bertz CT molecular complexity index is 1030. The molecule has 7 nitrogen and oxygen atoms in total. The van der Waals surface area contributed by atoms with Crippen molar-refractivity contribution >= 4 is 46.5 Å². The van der Waals surface area contributed by atoms with Gasteiger partial charge in [0.15, 0.2) is 0 Å². The Morgan fingerprint density at radius 2 is 1.76 bits per heavy atom. The smallest absolute Gasteiger partial charge is 0.322 e. The van der Waals surface area contributed by atoms with Crippen molar-refractivity contribution in [2.24, 2.45) is 0 Å². The number of rotatable bonds is 4. The molecule has 1 saturated heterocycles. The van der Waals surface area contributed by atoms with Gasteiger partial charge in [0, 0.05) is 54.6 Å². The van der Waals surface area contributed by atoms with Gasteiger partial charge in [-0.25, -0.2) is 4.79 Å². The number of likely N-dealkylation sites (N-methyl/N-ethyl adjacent to an activating group) is 1. The summed E-state index contributed by atoms with van der Waals surface area (Å²) in [5.74, 6) is -0.262. The zero-order valence-electron chi connectivity index (χ0n) is 18.7. The van der Waals surface area contributed by atoms with Gasteiger partial charge in [-0.05, 0) is 67.4 Å². The summed E-state index contributed by atoms with van der Waals surface area (Å²) in [7, 11) is 3.68. The Morgan fingerprint density at radius 3 is 2.48 bits per heavy atom. The number of urea groups is 1. The number of nitrogens with zero attached hydrogens (tertiary/aromatic N) is 2. The number of anilines is 2. The highest BCUT2D eigenvalue weighted by atomic mass is 35.5. The Kier molecular flexibility index (Phi) is 7.44. The van der Waals surface area contributed by atoms with E-state index in [1.807, 2.05) is 6.07 Å². The lowest BCUT2D eigenvalue weighted by Crippen LogP contribution is -2.45. The van der Waals surface area contributed by atoms with Crippen LogP contribution in [0.15, 0.2) is 36.4 Å². The van der Waals surface area contributed by atoms with Crippen molar-refractivity contribution in [3.8, 4) is 0 Å². The second kappa shape index (κ2) is 10.3. The number of amides is 3. The van der Waals surface area contributed by atoms with Gasteiger partial charge < -0.3 is 25.2 Å². The number of hydrogen-bond donors (Lipinski definition) is 2. The average molecular weight is 491 g/mol. The lowest BCUT2D eigenvalue weighted by Gasteiger charge is -2.24. The summed E-state index contributed by atoms with van der Waals surface area (Å²) in [6.07, 6.45) is 1.96. The number of ether oxygens (including phenoxy) is 1. The second-order valence-electron chi connectivity index (χ2n) is 8.59. The van der Waals surface area contributed by atoms with Crippen LogP contribution >= 0.6 is 23.2 Å². The molecule has 2 heterocycles. The number of halogens is 2. The van der Waals surface area contributed by atoms with Crippen LogP contribution in [-0.2, 0) is 22.4 Å². The van der Waals surface area contributed by atoms with E-state index in [0.29, 0.717) is 34.4 Å². The number of hydrogen-bond acceptors (Lipinski definition) is 4. The van der Waals surface area contributed by atoms with E-state index in [-0.39, 0.29) is 18.0 Å². The molecule has 0 radical (unpaired) electrons. The summed E-state index contributed by atoms with van der Waals surface area (Å²) in [5, 5.41) is 7.05. The van der Waals surface area contributed by atoms with Crippen molar-refractivity contribution in [3.63, 3.8) is 0 Å². The molecule has 3 amide bonds. The van der Waals surface area contributed by atoms with Crippen molar-refractivity contribution in [1.82, 2.24) is 9.80 Å². The lowest BCUT2D eigenvalue weighted by atomic mass is 10.0. The molecule has 0 aromatic heterocycles. The van der Waals surface area contributed by atoms with Crippen molar-refractivity contribution in [2.45, 2.75) is 31.4 Å². The molecule has 176 valence electrons. The highest BCUT2D eigenvalue weighted by molar-refractivity contribution is 6.32. The van der Waals surface area contributed by atoms with Gasteiger partial charge in [-0.1, -0.05) is 23.2 Å². The fourth-order valence-corrected chi connectivity index (χ4v) is 4.85. The van der Waals surface area contributed by atoms with Gasteiger partial charge in [0.25, 0.3) is 0 Å². The van der Waals surface area contributed by atoms with Crippen LogP contribution in [0.25, 0.3) is 0 Å². The minimum Gasteiger partial charge on any atom is -0.380 e. The lowest BCUT2D eigenvalue weighted by molar-refractivity contribution is -0.119. The normalized spacial score (nSPS) is 20.8. The monoisotopic (exact) mass is 490 g/mol. The van der Waals surface area contributed by atoms with Crippen LogP contribution in [0.4, 0.5) is 16.2 Å². The first-order valence-electron chi connectivity index (χ1n) is 11.0. The fourth-order valence-electron chi connectivity index (χ4n) is 4.39. The maximum absolute atomic E-state index is 13.2. The van der Waals surface area contributed by atoms with E-state index in [1.165, 1.54) is 4.90 Å². The van der Waals surface area contributed by atoms with Crippen LogP contribution in [0, 0.1) is 0 Å². The molecular weight excluding hydrogens is 463 g/mol. The Labute approximate surface area is 204 Å². The van der Waals surface area contributed by atoms with E-state index < -0.39 is 6.04 Å². The number of carbonyl (C=O) groups is 2. The SMILES string of the molecule is CO[C@@H]1CC(C(=O)Nc2cc(Cl)c3c(c2)CCN(C)CC3)N(C(=O)Nc2ccc(Cl)cc2)C1. The van der Waals surface area contributed by atoms with Crippen LogP contribution in [0.1, 0.15) is 17.5 Å². The number of carbonyl (C=O) groups excluding carboxylic acids is 2. The maximum Gasteiger partial charge on any atom is 0.322 e. The highest BCUT2D eigenvalue weighted by Gasteiger charge is 2.40. The molecule has 0 bridgehead atoms. The summed E-state index contributed by atoms with van der Waals surface area (Å²) in [5.41, 5.74) is 3.54. The maximum atomic E-state index is 13.2. The Morgan fingerprint density at radius 1 is 1.03 bits per heavy atom. The highest BCUT2D eigenvalue weighted by Crippen LogP contribution is 2.29. The molecule has 0 spiro atoms. The summed E-state index contributed by atoms with van der Waals surface area (Å²) in [4.78, 5) is 30.0. The number of methoxy groups -OCH3 is 1. The summed E-state index contributed by atoms with van der Waals surface area (Å²) < 4.78 is 5.46. The molecule has 2 atom stereocenters. The molecule has 2 aliphatic heterocycles. The minimum atomic E-state index is -0.661. The fraction of sp³-hybridized carbons (Fsp3) is 0.417. The average Bonchev–Trinajstić information content (AvgIpc) is 3.14. The molecule has 2 N–H and O–H groups in total. The van der Waals surface area contributed by atoms with E-state index in [1.54, 1.807) is 37.4 Å². The summed E-state index contributed by atoms with van der Waals surface area (Å²) in [6, 6.07) is 9.60. The molecule has 9 heteroatoms. The first kappa shape index (κ1) is 23.8. The van der Waals surface area contributed by atoms with Crippen LogP contribution in [0.2, 0.25) is 10.0 Å². The van der Waals surface area contributed by atoms with E-state index in [9.17, 15) is 9.59 Å². The molecule has 2 aromatic carbocycles. The molecule has 0 aliphatic carbocycles. The molecule has 1 unspecified atom stereocenters. The number of fused-ring (bicyclic) bond motifs is 1. The van der Waals surface area contributed by atoms with Gasteiger partial charge in [0.05, 0.1) is 6.10 Å².